The number of anilines is 1. The van der Waals surface area contributed by atoms with Crippen molar-refractivity contribution in [3.8, 4) is 6.07 Å². The Morgan fingerprint density at radius 1 is 1.09 bits per heavy atom. The number of amides is 2. The lowest BCUT2D eigenvalue weighted by atomic mass is 9.63. The molecule has 1 heterocycles. The lowest BCUT2D eigenvalue weighted by Crippen LogP contribution is -2.67. The summed E-state index contributed by atoms with van der Waals surface area (Å²) in [4.78, 5) is 42.0. The predicted molar refractivity (Wildman–Crippen MR) is 121 cm³/mol. The predicted octanol–water partition coefficient (Wildman–Crippen LogP) is 3.41. The van der Waals surface area contributed by atoms with Crippen molar-refractivity contribution in [3.63, 3.8) is 0 Å². The van der Waals surface area contributed by atoms with Crippen LogP contribution >= 0.6 is 0 Å². The SMILES string of the molecule is CCOC(=O)C(C#N)(c1ccccc1)C1(NC(=O)OC(C)(C)C)C(=O)N(C)c2ccccc21. The minimum Gasteiger partial charge on any atom is -0.464 e. The van der Waals surface area contributed by atoms with Gasteiger partial charge in [0.15, 0.2) is 5.54 Å². The molecule has 1 aliphatic heterocycles. The highest BCUT2D eigenvalue weighted by atomic mass is 16.6. The fourth-order valence-corrected chi connectivity index (χ4v) is 4.20. The number of benzene rings is 2. The number of carbonyl (C=O) groups excluding carboxylic acids is 3. The number of hydrogen-bond acceptors (Lipinski definition) is 6. The van der Waals surface area contributed by atoms with Gasteiger partial charge in [0.25, 0.3) is 5.91 Å². The highest BCUT2D eigenvalue weighted by Gasteiger charge is 2.70. The topological polar surface area (TPSA) is 109 Å². The Bertz CT molecular complexity index is 1120. The van der Waals surface area contributed by atoms with E-state index in [0.717, 1.165) is 0 Å². The van der Waals surface area contributed by atoms with Crippen molar-refractivity contribution in [1.82, 2.24) is 5.32 Å². The van der Waals surface area contributed by atoms with Gasteiger partial charge in [0.2, 0.25) is 5.41 Å². The minimum atomic E-state index is -2.24. The van der Waals surface area contributed by atoms with Gasteiger partial charge in [-0.2, -0.15) is 5.26 Å². The van der Waals surface area contributed by atoms with E-state index in [4.69, 9.17) is 9.47 Å². The molecule has 8 nitrogen and oxygen atoms in total. The van der Waals surface area contributed by atoms with Crippen LogP contribution in [0.25, 0.3) is 0 Å². The van der Waals surface area contributed by atoms with Crippen molar-refractivity contribution in [2.24, 2.45) is 0 Å². The molecule has 3 rings (SSSR count). The Morgan fingerprint density at radius 3 is 2.27 bits per heavy atom. The number of likely N-dealkylation sites (N-methyl/N-ethyl adjacent to an activating group) is 1. The van der Waals surface area contributed by atoms with Crippen LogP contribution in [0.3, 0.4) is 0 Å². The van der Waals surface area contributed by atoms with Crippen LogP contribution in [-0.4, -0.2) is 37.2 Å². The number of carbonyl (C=O) groups is 3. The first-order chi connectivity index (χ1) is 15.5. The molecule has 0 aliphatic carbocycles. The summed E-state index contributed by atoms with van der Waals surface area (Å²) in [7, 11) is 1.53. The molecule has 2 amide bonds. The Morgan fingerprint density at radius 2 is 1.70 bits per heavy atom. The summed E-state index contributed by atoms with van der Waals surface area (Å²) in [6, 6.07) is 16.9. The third-order valence-electron chi connectivity index (χ3n) is 5.50. The van der Waals surface area contributed by atoms with Gasteiger partial charge in [-0.3, -0.25) is 4.79 Å². The standard InChI is InChI=1S/C25H27N3O5/c1-6-32-21(30)24(16-26,17-12-8-7-9-13-17)25(27-22(31)33-23(2,3)4)18-14-10-11-15-19(18)28(5)20(25)29/h7-15H,6H2,1-5H3,(H,27,31). The Hall–Kier alpha value is -3.86. The van der Waals surface area contributed by atoms with E-state index >= 15 is 0 Å². The monoisotopic (exact) mass is 449 g/mol. The first-order valence-corrected chi connectivity index (χ1v) is 10.6. The molecule has 172 valence electrons. The molecule has 0 fully saturated rings. The molecule has 2 aromatic rings. The fraction of sp³-hybridized carbons (Fsp3) is 0.360. The van der Waals surface area contributed by atoms with Crippen molar-refractivity contribution in [1.29, 1.82) is 5.26 Å². The number of para-hydroxylation sites is 1. The third-order valence-corrected chi connectivity index (χ3v) is 5.50. The van der Waals surface area contributed by atoms with Crippen LogP contribution in [0.5, 0.6) is 0 Å². The van der Waals surface area contributed by atoms with Crippen LogP contribution in [0, 0.1) is 11.3 Å². The zero-order valence-electron chi connectivity index (χ0n) is 19.3. The molecular formula is C25H27N3O5. The Balaban J connectivity index is 2.41. The lowest BCUT2D eigenvalue weighted by molar-refractivity contribution is -0.154. The molecule has 33 heavy (non-hydrogen) atoms. The summed E-state index contributed by atoms with van der Waals surface area (Å²) in [5.74, 6) is -1.61. The average molecular weight is 450 g/mol. The van der Waals surface area contributed by atoms with Crippen LogP contribution in [0.15, 0.2) is 54.6 Å². The number of fused-ring (bicyclic) bond motifs is 1. The van der Waals surface area contributed by atoms with E-state index in [9.17, 15) is 19.6 Å². The van der Waals surface area contributed by atoms with Gasteiger partial charge in [0.05, 0.1) is 12.7 Å². The number of nitrogens with zero attached hydrogens (tertiary/aromatic N) is 2. The molecule has 0 saturated heterocycles. The number of esters is 1. The highest BCUT2D eigenvalue weighted by Crippen LogP contribution is 2.51. The van der Waals surface area contributed by atoms with Crippen molar-refractivity contribution >= 4 is 23.7 Å². The van der Waals surface area contributed by atoms with Crippen molar-refractivity contribution in [2.75, 3.05) is 18.6 Å². The summed E-state index contributed by atoms with van der Waals surface area (Å²) >= 11 is 0. The summed E-state index contributed by atoms with van der Waals surface area (Å²) in [5.41, 5.74) is -4.30. The second-order valence-electron chi connectivity index (χ2n) is 8.71. The fourth-order valence-electron chi connectivity index (χ4n) is 4.20. The Labute approximate surface area is 193 Å². The minimum absolute atomic E-state index is 0.0245. The first kappa shape index (κ1) is 23.8. The van der Waals surface area contributed by atoms with Crippen LogP contribution < -0.4 is 10.2 Å². The van der Waals surface area contributed by atoms with Gasteiger partial charge < -0.3 is 19.7 Å². The molecular weight excluding hydrogens is 422 g/mol. The highest BCUT2D eigenvalue weighted by molar-refractivity contribution is 6.14. The molecule has 0 aromatic heterocycles. The molecule has 0 spiro atoms. The summed E-state index contributed by atoms with van der Waals surface area (Å²) in [6.07, 6.45) is -0.944. The second kappa shape index (κ2) is 8.58. The summed E-state index contributed by atoms with van der Waals surface area (Å²) < 4.78 is 10.8. The van der Waals surface area contributed by atoms with Crippen molar-refractivity contribution < 1.29 is 23.9 Å². The molecule has 1 aliphatic rings. The largest absolute Gasteiger partial charge is 0.464 e. The van der Waals surface area contributed by atoms with Gasteiger partial charge >= 0.3 is 12.1 Å². The normalized spacial score (nSPS) is 19.2. The molecule has 2 atom stereocenters. The summed E-state index contributed by atoms with van der Waals surface area (Å²) in [5, 5.41) is 13.3. The van der Waals surface area contributed by atoms with E-state index in [1.165, 1.54) is 11.9 Å². The number of nitrogens with one attached hydrogen (secondary N) is 1. The van der Waals surface area contributed by atoms with Gasteiger partial charge in [-0.05, 0) is 39.3 Å². The lowest BCUT2D eigenvalue weighted by Gasteiger charge is -2.41. The van der Waals surface area contributed by atoms with E-state index < -0.39 is 34.5 Å². The van der Waals surface area contributed by atoms with E-state index in [1.54, 1.807) is 82.3 Å². The number of ether oxygens (including phenoxy) is 2. The van der Waals surface area contributed by atoms with Gasteiger partial charge in [0.1, 0.15) is 5.60 Å². The van der Waals surface area contributed by atoms with Crippen LogP contribution in [-0.2, 0) is 30.0 Å². The number of nitriles is 1. The van der Waals surface area contributed by atoms with Gasteiger partial charge in [0, 0.05) is 18.3 Å². The smallest absolute Gasteiger partial charge is 0.408 e. The van der Waals surface area contributed by atoms with Crippen molar-refractivity contribution in [2.45, 2.75) is 44.2 Å². The zero-order chi connectivity index (χ0) is 24.4. The van der Waals surface area contributed by atoms with Crippen molar-refractivity contribution in [3.05, 3.63) is 65.7 Å². The number of rotatable bonds is 5. The van der Waals surface area contributed by atoms with E-state index in [2.05, 4.69) is 11.4 Å². The average Bonchev–Trinajstić information content (AvgIpc) is 2.97. The van der Waals surface area contributed by atoms with Gasteiger partial charge in [-0.15, -0.1) is 0 Å². The maximum absolute atomic E-state index is 14.0. The molecule has 2 unspecified atom stereocenters. The molecule has 2 aromatic carbocycles. The van der Waals surface area contributed by atoms with Crippen LogP contribution in [0.1, 0.15) is 38.8 Å². The maximum atomic E-state index is 14.0. The van der Waals surface area contributed by atoms with E-state index in [0.29, 0.717) is 11.3 Å². The molecule has 0 saturated carbocycles. The van der Waals surface area contributed by atoms with E-state index in [1.807, 2.05) is 0 Å². The summed E-state index contributed by atoms with van der Waals surface area (Å²) in [6.45, 7) is 6.61. The molecule has 0 bridgehead atoms. The maximum Gasteiger partial charge on any atom is 0.408 e. The number of hydrogen-bond donors (Lipinski definition) is 1. The quantitative estimate of drug-likeness (QED) is 0.701. The zero-order valence-corrected chi connectivity index (χ0v) is 19.3. The van der Waals surface area contributed by atoms with Gasteiger partial charge in [-0.1, -0.05) is 48.5 Å². The molecule has 1 N–H and O–H groups in total. The van der Waals surface area contributed by atoms with E-state index in [-0.39, 0.29) is 12.2 Å². The molecule has 0 radical (unpaired) electrons. The third kappa shape index (κ3) is 3.69. The molecule has 8 heteroatoms. The van der Waals surface area contributed by atoms with Gasteiger partial charge in [-0.25, -0.2) is 9.59 Å². The number of alkyl carbamates (subject to hydrolysis) is 1. The Kier molecular flexibility index (Phi) is 6.19. The first-order valence-electron chi connectivity index (χ1n) is 10.6. The van der Waals surface area contributed by atoms with Crippen LogP contribution in [0.2, 0.25) is 0 Å². The second-order valence-corrected chi connectivity index (χ2v) is 8.71. The van der Waals surface area contributed by atoms with Crippen LogP contribution in [0.4, 0.5) is 10.5 Å².